The van der Waals surface area contributed by atoms with Crippen LogP contribution >= 0.6 is 11.6 Å². The molecule has 4 aliphatic rings. The number of morpholine rings is 1. The normalized spacial score (nSPS) is 28.5. The third-order valence-electron chi connectivity index (χ3n) is 8.82. The quantitative estimate of drug-likeness (QED) is 0.553. The summed E-state index contributed by atoms with van der Waals surface area (Å²) >= 11 is 6.35. The Morgan fingerprint density at radius 2 is 1.86 bits per heavy atom. The molecular formula is C28H40ClN3O4. The SMILES string of the molecule is COc1ccc(CC(=O)N2C[C@@H]3CCCN4CCC[C@@H]([C@H]34)[C@H]2CCCC(=O)N2CCOCC2)cc1Cl. The molecule has 198 valence electrons. The number of piperidine rings is 3. The van der Waals surface area contributed by atoms with Crippen LogP contribution in [0.2, 0.25) is 5.02 Å². The van der Waals surface area contributed by atoms with Crippen molar-refractivity contribution < 1.29 is 19.1 Å². The number of amides is 2. The Balaban J connectivity index is 1.30. The van der Waals surface area contributed by atoms with E-state index in [-0.39, 0.29) is 17.9 Å². The van der Waals surface area contributed by atoms with Crippen molar-refractivity contribution in [3.05, 3.63) is 28.8 Å². The Morgan fingerprint density at radius 1 is 1.08 bits per heavy atom. The summed E-state index contributed by atoms with van der Waals surface area (Å²) in [5.41, 5.74) is 0.920. The van der Waals surface area contributed by atoms with E-state index in [4.69, 9.17) is 21.1 Å². The highest BCUT2D eigenvalue weighted by Gasteiger charge is 2.49. The smallest absolute Gasteiger partial charge is 0.227 e. The van der Waals surface area contributed by atoms with Gasteiger partial charge in [-0.2, -0.15) is 0 Å². The van der Waals surface area contributed by atoms with Crippen molar-refractivity contribution in [1.82, 2.24) is 14.7 Å². The predicted octanol–water partition coefficient (Wildman–Crippen LogP) is 3.62. The molecule has 0 radical (unpaired) electrons. The highest BCUT2D eigenvalue weighted by molar-refractivity contribution is 6.32. The van der Waals surface area contributed by atoms with Crippen LogP contribution in [0.1, 0.15) is 50.5 Å². The summed E-state index contributed by atoms with van der Waals surface area (Å²) in [4.78, 5) is 33.4. The first kappa shape index (κ1) is 25.8. The molecule has 0 spiro atoms. The van der Waals surface area contributed by atoms with Gasteiger partial charge in [-0.05, 0) is 81.1 Å². The van der Waals surface area contributed by atoms with E-state index in [9.17, 15) is 9.59 Å². The number of hydrogen-bond acceptors (Lipinski definition) is 5. The van der Waals surface area contributed by atoms with Crippen LogP contribution in [0.25, 0.3) is 0 Å². The van der Waals surface area contributed by atoms with Gasteiger partial charge < -0.3 is 19.3 Å². The van der Waals surface area contributed by atoms with Gasteiger partial charge in [-0.3, -0.25) is 14.5 Å². The van der Waals surface area contributed by atoms with E-state index in [1.165, 1.54) is 38.8 Å². The maximum atomic E-state index is 13.8. The lowest BCUT2D eigenvalue weighted by atomic mass is 9.69. The second kappa shape index (κ2) is 11.7. The molecule has 7 nitrogen and oxygen atoms in total. The maximum Gasteiger partial charge on any atom is 0.227 e. The predicted molar refractivity (Wildman–Crippen MR) is 139 cm³/mol. The van der Waals surface area contributed by atoms with Crippen LogP contribution in [0.15, 0.2) is 18.2 Å². The molecule has 0 unspecified atom stereocenters. The van der Waals surface area contributed by atoms with E-state index in [0.29, 0.717) is 67.8 Å². The fourth-order valence-corrected chi connectivity index (χ4v) is 7.46. The average Bonchev–Trinajstić information content (AvgIpc) is 2.90. The number of rotatable bonds is 7. The molecule has 36 heavy (non-hydrogen) atoms. The zero-order chi connectivity index (χ0) is 25.1. The second-order valence-corrected chi connectivity index (χ2v) is 11.3. The lowest BCUT2D eigenvalue weighted by Gasteiger charge is -2.57. The van der Waals surface area contributed by atoms with E-state index in [0.717, 1.165) is 24.9 Å². The van der Waals surface area contributed by atoms with Crippen molar-refractivity contribution in [3.8, 4) is 5.75 Å². The molecule has 1 aromatic carbocycles. The van der Waals surface area contributed by atoms with Crippen molar-refractivity contribution in [3.63, 3.8) is 0 Å². The molecule has 5 rings (SSSR count). The van der Waals surface area contributed by atoms with Crippen molar-refractivity contribution in [2.24, 2.45) is 11.8 Å². The Kier molecular flexibility index (Phi) is 8.39. The number of nitrogens with zero attached hydrogens (tertiary/aromatic N) is 3. The second-order valence-electron chi connectivity index (χ2n) is 10.9. The van der Waals surface area contributed by atoms with Crippen molar-refractivity contribution in [2.45, 2.75) is 63.5 Å². The number of ether oxygens (including phenoxy) is 2. The Labute approximate surface area is 220 Å². The van der Waals surface area contributed by atoms with Gasteiger partial charge in [-0.1, -0.05) is 17.7 Å². The molecule has 1 aromatic rings. The number of methoxy groups -OCH3 is 1. The molecule has 0 bridgehead atoms. The first-order valence-corrected chi connectivity index (χ1v) is 14.1. The molecule has 4 heterocycles. The molecule has 4 aliphatic heterocycles. The average molecular weight is 518 g/mol. The van der Waals surface area contributed by atoms with Gasteiger partial charge in [-0.25, -0.2) is 0 Å². The first-order valence-electron chi connectivity index (χ1n) is 13.8. The molecular weight excluding hydrogens is 478 g/mol. The number of likely N-dealkylation sites (tertiary alicyclic amines) is 1. The van der Waals surface area contributed by atoms with Gasteiger partial charge in [0.25, 0.3) is 0 Å². The van der Waals surface area contributed by atoms with Gasteiger partial charge in [0.15, 0.2) is 0 Å². The summed E-state index contributed by atoms with van der Waals surface area (Å²) in [6.07, 6.45) is 7.43. The lowest BCUT2D eigenvalue weighted by molar-refractivity contribution is -0.145. The lowest BCUT2D eigenvalue weighted by Crippen LogP contribution is -2.65. The van der Waals surface area contributed by atoms with Crippen LogP contribution in [0.5, 0.6) is 5.75 Å². The van der Waals surface area contributed by atoms with Crippen LogP contribution < -0.4 is 4.74 Å². The van der Waals surface area contributed by atoms with Crippen LogP contribution in [-0.2, 0) is 20.7 Å². The summed E-state index contributed by atoms with van der Waals surface area (Å²) in [7, 11) is 1.60. The standard InChI is InChI=1S/C28H40ClN3O4/c1-35-25-10-9-20(17-23(25)29)18-27(34)32-19-21-5-3-11-31-12-4-6-22(28(21)31)24(32)7-2-8-26(33)30-13-15-36-16-14-30/h9-10,17,21-22,24,28H,2-8,11-16,18-19H2,1H3/t21-,22+,24+,28-/m0/s1. The highest BCUT2D eigenvalue weighted by atomic mass is 35.5. The first-order chi connectivity index (χ1) is 17.5. The van der Waals surface area contributed by atoms with E-state index >= 15 is 0 Å². The van der Waals surface area contributed by atoms with Crippen LogP contribution in [-0.4, -0.2) is 91.6 Å². The molecule has 8 heteroatoms. The summed E-state index contributed by atoms with van der Waals surface area (Å²) in [6, 6.07) is 6.42. The number of benzene rings is 1. The van der Waals surface area contributed by atoms with Gasteiger partial charge in [0, 0.05) is 38.1 Å². The molecule has 4 atom stereocenters. The van der Waals surface area contributed by atoms with Crippen molar-refractivity contribution in [1.29, 1.82) is 0 Å². The molecule has 2 amide bonds. The minimum absolute atomic E-state index is 0.182. The Bertz CT molecular complexity index is 935. The fourth-order valence-electron chi connectivity index (χ4n) is 7.18. The molecule has 0 aliphatic carbocycles. The number of carbonyl (C=O) groups is 2. The fraction of sp³-hybridized carbons (Fsp3) is 0.714. The molecule has 0 saturated carbocycles. The minimum atomic E-state index is 0.182. The summed E-state index contributed by atoms with van der Waals surface area (Å²) in [6.45, 7) is 5.87. The molecule has 4 saturated heterocycles. The van der Waals surface area contributed by atoms with Gasteiger partial charge in [0.05, 0.1) is 31.8 Å². The third-order valence-corrected chi connectivity index (χ3v) is 9.11. The number of hydrogen-bond donors (Lipinski definition) is 0. The Hall–Kier alpha value is -1.83. The highest BCUT2D eigenvalue weighted by Crippen LogP contribution is 2.43. The van der Waals surface area contributed by atoms with Gasteiger partial charge in [0.2, 0.25) is 11.8 Å². The zero-order valence-electron chi connectivity index (χ0n) is 21.5. The topological polar surface area (TPSA) is 62.3 Å². The van der Waals surface area contributed by atoms with Crippen molar-refractivity contribution >= 4 is 23.4 Å². The minimum Gasteiger partial charge on any atom is -0.495 e. The largest absolute Gasteiger partial charge is 0.495 e. The van der Waals surface area contributed by atoms with Crippen LogP contribution in [0.4, 0.5) is 0 Å². The molecule has 0 aromatic heterocycles. The van der Waals surface area contributed by atoms with Gasteiger partial charge >= 0.3 is 0 Å². The van der Waals surface area contributed by atoms with Gasteiger partial charge in [-0.15, -0.1) is 0 Å². The van der Waals surface area contributed by atoms with Crippen molar-refractivity contribution in [2.75, 3.05) is 53.0 Å². The summed E-state index contributed by atoms with van der Waals surface area (Å²) in [5, 5.41) is 0.537. The van der Waals surface area contributed by atoms with E-state index < -0.39 is 0 Å². The van der Waals surface area contributed by atoms with E-state index in [1.807, 2.05) is 23.1 Å². The number of carbonyl (C=O) groups excluding carboxylic acids is 2. The van der Waals surface area contributed by atoms with E-state index in [1.54, 1.807) is 7.11 Å². The van der Waals surface area contributed by atoms with Crippen LogP contribution in [0.3, 0.4) is 0 Å². The van der Waals surface area contributed by atoms with Gasteiger partial charge in [0.1, 0.15) is 5.75 Å². The van der Waals surface area contributed by atoms with Crippen LogP contribution in [0, 0.1) is 11.8 Å². The zero-order valence-corrected chi connectivity index (χ0v) is 22.3. The third kappa shape index (κ3) is 5.53. The van der Waals surface area contributed by atoms with E-state index in [2.05, 4.69) is 9.80 Å². The summed E-state index contributed by atoms with van der Waals surface area (Å²) < 4.78 is 10.7. The number of halogens is 1. The molecule has 0 N–H and O–H groups in total. The monoisotopic (exact) mass is 517 g/mol. The maximum absolute atomic E-state index is 13.8. The summed E-state index contributed by atoms with van der Waals surface area (Å²) in [5.74, 6) is 2.09. The Morgan fingerprint density at radius 3 is 2.61 bits per heavy atom. The molecule has 4 fully saturated rings.